The number of rotatable bonds is 6. The molecule has 1 aromatic carbocycles. The van der Waals surface area contributed by atoms with Crippen LogP contribution in [0.2, 0.25) is 0 Å². The standard InChI is InChI=1S/C18H27N3O5S/c1-18(9-3-2-6-17(18)22)13-19-15-8-7-14(21(23)24)12-16(15)27(25,26)20-10-4-5-11-20/h7-8,12,17,19,22H,2-6,9-11,13H2,1H3. The van der Waals surface area contributed by atoms with Gasteiger partial charge in [-0.3, -0.25) is 10.1 Å². The highest BCUT2D eigenvalue weighted by Gasteiger charge is 2.36. The van der Waals surface area contributed by atoms with Crippen LogP contribution in [-0.4, -0.2) is 48.5 Å². The molecule has 2 atom stereocenters. The van der Waals surface area contributed by atoms with Crippen LogP contribution in [0.1, 0.15) is 45.4 Å². The molecule has 1 saturated heterocycles. The molecule has 0 spiro atoms. The Morgan fingerprint density at radius 3 is 2.63 bits per heavy atom. The van der Waals surface area contributed by atoms with Gasteiger partial charge in [-0.1, -0.05) is 19.8 Å². The van der Waals surface area contributed by atoms with Gasteiger partial charge in [-0.2, -0.15) is 4.31 Å². The van der Waals surface area contributed by atoms with Crippen LogP contribution in [0.5, 0.6) is 0 Å². The topological polar surface area (TPSA) is 113 Å². The van der Waals surface area contributed by atoms with E-state index < -0.39 is 21.1 Å². The zero-order valence-electron chi connectivity index (χ0n) is 15.6. The van der Waals surface area contributed by atoms with E-state index in [2.05, 4.69) is 5.32 Å². The molecule has 2 N–H and O–H groups in total. The number of hydrogen-bond acceptors (Lipinski definition) is 6. The monoisotopic (exact) mass is 397 g/mol. The van der Waals surface area contributed by atoms with E-state index in [9.17, 15) is 23.6 Å². The zero-order valence-corrected chi connectivity index (χ0v) is 16.4. The van der Waals surface area contributed by atoms with Crippen molar-refractivity contribution in [2.75, 3.05) is 25.0 Å². The van der Waals surface area contributed by atoms with E-state index in [0.29, 0.717) is 25.3 Å². The first-order valence-corrected chi connectivity index (χ1v) is 10.9. The van der Waals surface area contributed by atoms with E-state index in [1.165, 1.54) is 16.4 Å². The summed E-state index contributed by atoms with van der Waals surface area (Å²) in [6.07, 6.45) is 4.73. The van der Waals surface area contributed by atoms with Gasteiger partial charge in [-0.25, -0.2) is 8.42 Å². The molecule has 1 aromatic rings. The van der Waals surface area contributed by atoms with E-state index in [1.54, 1.807) is 0 Å². The fraction of sp³-hybridized carbons (Fsp3) is 0.667. The molecule has 3 rings (SSSR count). The van der Waals surface area contributed by atoms with Crippen molar-refractivity contribution in [1.29, 1.82) is 0 Å². The SMILES string of the molecule is CC1(CNc2ccc([N+](=O)[O-])cc2S(=O)(=O)N2CCCC2)CCCCC1O. The van der Waals surface area contributed by atoms with Crippen molar-refractivity contribution < 1.29 is 18.4 Å². The Morgan fingerprint density at radius 2 is 2.00 bits per heavy atom. The maximum atomic E-state index is 13.0. The van der Waals surface area contributed by atoms with Gasteiger partial charge in [-0.15, -0.1) is 0 Å². The average molecular weight is 397 g/mol. The van der Waals surface area contributed by atoms with Gasteiger partial charge in [0.25, 0.3) is 5.69 Å². The maximum Gasteiger partial charge on any atom is 0.270 e. The molecule has 8 nitrogen and oxygen atoms in total. The fourth-order valence-electron chi connectivity index (χ4n) is 3.94. The van der Waals surface area contributed by atoms with Gasteiger partial charge in [0.15, 0.2) is 0 Å². The number of aliphatic hydroxyl groups excluding tert-OH is 1. The fourth-order valence-corrected chi connectivity index (χ4v) is 5.64. The van der Waals surface area contributed by atoms with Gasteiger partial charge in [0.2, 0.25) is 10.0 Å². The molecule has 0 radical (unpaired) electrons. The second-order valence-corrected chi connectivity index (χ2v) is 9.72. The van der Waals surface area contributed by atoms with Crippen molar-refractivity contribution in [3.8, 4) is 0 Å². The summed E-state index contributed by atoms with van der Waals surface area (Å²) in [6, 6.07) is 3.90. The number of benzene rings is 1. The normalized spacial score (nSPS) is 26.8. The Hall–Kier alpha value is -1.71. The van der Waals surface area contributed by atoms with Crippen LogP contribution >= 0.6 is 0 Å². The number of non-ortho nitro benzene ring substituents is 1. The molecule has 150 valence electrons. The summed E-state index contributed by atoms with van der Waals surface area (Å²) in [4.78, 5) is 10.5. The lowest BCUT2D eigenvalue weighted by Crippen LogP contribution is -2.41. The molecule has 0 amide bonds. The summed E-state index contributed by atoms with van der Waals surface area (Å²) in [7, 11) is -3.81. The van der Waals surface area contributed by atoms with E-state index in [-0.39, 0.29) is 16.0 Å². The Kier molecular flexibility index (Phi) is 5.73. The first kappa shape index (κ1) is 20.0. The Labute approximate surface area is 159 Å². The minimum Gasteiger partial charge on any atom is -0.392 e. The predicted molar refractivity (Wildman–Crippen MR) is 102 cm³/mol. The quantitative estimate of drug-likeness (QED) is 0.564. The van der Waals surface area contributed by atoms with Crippen molar-refractivity contribution in [2.24, 2.45) is 5.41 Å². The second-order valence-electron chi connectivity index (χ2n) is 7.82. The number of aliphatic hydroxyl groups is 1. The lowest BCUT2D eigenvalue weighted by molar-refractivity contribution is -0.385. The van der Waals surface area contributed by atoms with Crippen LogP contribution in [0.4, 0.5) is 11.4 Å². The zero-order chi connectivity index (χ0) is 19.7. The molecular weight excluding hydrogens is 370 g/mol. The van der Waals surface area contributed by atoms with Gasteiger partial charge in [0.05, 0.1) is 16.7 Å². The van der Waals surface area contributed by atoms with E-state index in [0.717, 1.165) is 44.6 Å². The molecule has 1 aliphatic carbocycles. The number of nitro groups is 1. The predicted octanol–water partition coefficient (Wildman–Crippen LogP) is 2.73. The van der Waals surface area contributed by atoms with Gasteiger partial charge in [0, 0.05) is 37.2 Å². The van der Waals surface area contributed by atoms with Gasteiger partial charge in [0.1, 0.15) is 4.90 Å². The number of nitro benzene ring substituents is 1. The molecule has 9 heteroatoms. The van der Waals surface area contributed by atoms with E-state index in [1.807, 2.05) is 6.92 Å². The van der Waals surface area contributed by atoms with Gasteiger partial charge in [-0.05, 0) is 31.7 Å². The van der Waals surface area contributed by atoms with Crippen LogP contribution in [0.3, 0.4) is 0 Å². The molecule has 2 fully saturated rings. The van der Waals surface area contributed by atoms with Crippen molar-refractivity contribution in [1.82, 2.24) is 4.31 Å². The summed E-state index contributed by atoms with van der Waals surface area (Å²) < 4.78 is 27.5. The molecule has 0 bridgehead atoms. The van der Waals surface area contributed by atoms with Crippen molar-refractivity contribution >= 4 is 21.4 Å². The molecule has 27 heavy (non-hydrogen) atoms. The molecule has 2 aliphatic rings. The molecule has 1 aliphatic heterocycles. The van der Waals surface area contributed by atoms with Crippen molar-refractivity contribution in [3.05, 3.63) is 28.3 Å². The third kappa shape index (κ3) is 4.09. The molecular formula is C18H27N3O5S. The summed E-state index contributed by atoms with van der Waals surface area (Å²) in [5.74, 6) is 0. The third-order valence-electron chi connectivity index (χ3n) is 5.82. The Balaban J connectivity index is 1.91. The third-order valence-corrected chi connectivity index (χ3v) is 7.76. The van der Waals surface area contributed by atoms with Crippen LogP contribution in [-0.2, 0) is 10.0 Å². The van der Waals surface area contributed by atoms with Crippen LogP contribution < -0.4 is 5.32 Å². The van der Waals surface area contributed by atoms with Gasteiger partial charge >= 0.3 is 0 Å². The average Bonchev–Trinajstić information content (AvgIpc) is 3.18. The Bertz CT molecular complexity index is 807. The highest BCUT2D eigenvalue weighted by atomic mass is 32.2. The van der Waals surface area contributed by atoms with E-state index >= 15 is 0 Å². The molecule has 2 unspecified atom stereocenters. The van der Waals surface area contributed by atoms with Crippen LogP contribution in [0, 0.1) is 15.5 Å². The van der Waals surface area contributed by atoms with Crippen LogP contribution in [0.15, 0.2) is 23.1 Å². The minimum atomic E-state index is -3.81. The number of anilines is 1. The smallest absolute Gasteiger partial charge is 0.270 e. The summed E-state index contributed by atoms with van der Waals surface area (Å²) >= 11 is 0. The van der Waals surface area contributed by atoms with Crippen molar-refractivity contribution in [3.63, 3.8) is 0 Å². The molecule has 0 aromatic heterocycles. The summed E-state index contributed by atoms with van der Waals surface area (Å²) in [6.45, 7) is 3.26. The maximum absolute atomic E-state index is 13.0. The van der Waals surface area contributed by atoms with Crippen LogP contribution in [0.25, 0.3) is 0 Å². The van der Waals surface area contributed by atoms with Crippen molar-refractivity contribution in [2.45, 2.75) is 56.4 Å². The molecule has 1 saturated carbocycles. The largest absolute Gasteiger partial charge is 0.392 e. The van der Waals surface area contributed by atoms with Gasteiger partial charge < -0.3 is 10.4 Å². The highest BCUT2D eigenvalue weighted by molar-refractivity contribution is 7.89. The number of sulfonamides is 1. The Morgan fingerprint density at radius 1 is 1.30 bits per heavy atom. The minimum absolute atomic E-state index is 0.0625. The second kappa shape index (κ2) is 7.73. The number of nitrogens with one attached hydrogen (secondary N) is 1. The number of nitrogens with zero attached hydrogens (tertiary/aromatic N) is 2. The first-order chi connectivity index (χ1) is 12.7. The molecule has 1 heterocycles. The lowest BCUT2D eigenvalue weighted by atomic mass is 9.73. The number of hydrogen-bond donors (Lipinski definition) is 2. The highest BCUT2D eigenvalue weighted by Crippen LogP contribution is 2.37. The summed E-state index contributed by atoms with van der Waals surface area (Å²) in [5.41, 5.74) is -0.247. The summed E-state index contributed by atoms with van der Waals surface area (Å²) in [5, 5.41) is 24.7. The first-order valence-electron chi connectivity index (χ1n) is 9.45. The van der Waals surface area contributed by atoms with E-state index in [4.69, 9.17) is 0 Å². The lowest BCUT2D eigenvalue weighted by Gasteiger charge is -2.39.